The van der Waals surface area contributed by atoms with Crippen molar-refractivity contribution in [1.29, 1.82) is 0 Å². The molecule has 5 rings (SSSR count). The van der Waals surface area contributed by atoms with Gasteiger partial charge in [0.25, 0.3) is 5.91 Å². The van der Waals surface area contributed by atoms with E-state index in [0.717, 1.165) is 11.1 Å². The summed E-state index contributed by atoms with van der Waals surface area (Å²) in [4.78, 5) is 97.4. The molecule has 1 saturated heterocycles. The number of fused-ring (bicyclic) bond motifs is 2. The summed E-state index contributed by atoms with van der Waals surface area (Å²) in [5.74, 6) is -4.49. The van der Waals surface area contributed by atoms with Crippen molar-refractivity contribution in [3.05, 3.63) is 71.3 Å². The van der Waals surface area contributed by atoms with Crippen LogP contribution in [0.1, 0.15) is 77.1 Å². The number of likely N-dealkylation sites (tertiary alicyclic amines) is 1. The van der Waals surface area contributed by atoms with Crippen LogP contribution in [-0.2, 0) is 46.3 Å². The minimum Gasteiger partial charge on any atom is -0.444 e. The predicted octanol–water partition coefficient (Wildman–Crippen LogP) is 2.69. The number of Topliss-reactive ketones (excluding diaryl/α,β-unsaturated/α-hetero) is 1. The molecule has 3 aliphatic rings. The van der Waals surface area contributed by atoms with Gasteiger partial charge in [-0.1, -0.05) is 81.8 Å². The SMILES string of the molecule is CCCC(NC(=O)[C@@H]1C2C(CN1C(=O)[C@@H](NC(=O)OC(C)(C)C)C1Cc3ccccc3C1)C2(C)C)C(=O)C(=O)NCC(=O)N[C@H](C(=O)N(C)C)c1ccccc1. The van der Waals surface area contributed by atoms with Gasteiger partial charge in [-0.3, -0.25) is 28.8 Å². The lowest BCUT2D eigenvalue weighted by Gasteiger charge is -2.35. The largest absolute Gasteiger partial charge is 0.444 e. The van der Waals surface area contributed by atoms with Gasteiger partial charge in [-0.2, -0.15) is 0 Å². The molecule has 2 aromatic carbocycles. The van der Waals surface area contributed by atoms with Crippen LogP contribution in [0.25, 0.3) is 0 Å². The van der Waals surface area contributed by atoms with E-state index >= 15 is 0 Å². The summed E-state index contributed by atoms with van der Waals surface area (Å²) in [6.07, 6.45) is 0.976. The molecule has 0 spiro atoms. The quantitative estimate of drug-likeness (QED) is 0.212. The molecule has 4 N–H and O–H groups in total. The second kappa shape index (κ2) is 16.8. The van der Waals surface area contributed by atoms with Crippen LogP contribution in [0.2, 0.25) is 0 Å². The van der Waals surface area contributed by atoms with Crippen LogP contribution in [0.4, 0.5) is 4.79 Å². The lowest BCUT2D eigenvalue weighted by atomic mass is 9.93. The summed E-state index contributed by atoms with van der Waals surface area (Å²) in [7, 11) is 3.12. The van der Waals surface area contributed by atoms with Crippen LogP contribution in [0.3, 0.4) is 0 Å². The van der Waals surface area contributed by atoms with Crippen molar-refractivity contribution in [2.24, 2.45) is 23.2 Å². The molecule has 302 valence electrons. The van der Waals surface area contributed by atoms with Crippen LogP contribution in [0.5, 0.6) is 0 Å². The van der Waals surface area contributed by atoms with Gasteiger partial charge in [-0.25, -0.2) is 4.79 Å². The minimum atomic E-state index is -1.22. The first-order valence-electron chi connectivity index (χ1n) is 19.4. The number of hydrogen-bond donors (Lipinski definition) is 4. The average Bonchev–Trinajstić information content (AvgIpc) is 3.49. The highest BCUT2D eigenvalue weighted by Gasteiger charge is 2.70. The van der Waals surface area contributed by atoms with Gasteiger partial charge < -0.3 is 35.8 Å². The Morgan fingerprint density at radius 2 is 1.50 bits per heavy atom. The molecule has 3 unspecified atom stereocenters. The van der Waals surface area contributed by atoms with E-state index in [1.165, 1.54) is 9.80 Å². The molecule has 2 aromatic rings. The number of amides is 6. The standard InChI is InChI=1S/C42H56N6O8/c1-9-15-29(35(50)37(52)43-22-30(49)45-32(38(53)47(7)8)24-16-11-10-12-17-24)44-36(51)34-31-28(42(31,5)6)23-48(34)39(54)33(46-40(55)56-41(2,3)4)27-20-25-18-13-14-19-26(25)21-27/h10-14,16-19,27-29,31-34H,9,15,20-23H2,1-8H3,(H,43,52)(H,44,51)(H,45,49)(H,46,55)/t28?,29?,31?,32-,33-,34-/m0/s1. The number of hydrogen-bond acceptors (Lipinski definition) is 8. The third-order valence-corrected chi connectivity index (χ3v) is 11.2. The zero-order chi connectivity index (χ0) is 41.1. The molecule has 0 aromatic heterocycles. The Labute approximate surface area is 328 Å². The third kappa shape index (κ3) is 9.39. The van der Waals surface area contributed by atoms with E-state index in [0.29, 0.717) is 31.4 Å². The summed E-state index contributed by atoms with van der Waals surface area (Å²) in [6, 6.07) is 12.4. The molecule has 2 fully saturated rings. The van der Waals surface area contributed by atoms with E-state index in [9.17, 15) is 33.6 Å². The number of ether oxygens (including phenoxy) is 1. The monoisotopic (exact) mass is 772 g/mol. The van der Waals surface area contributed by atoms with Crippen LogP contribution in [-0.4, -0.2) is 102 Å². The summed E-state index contributed by atoms with van der Waals surface area (Å²) in [5.41, 5.74) is 1.68. The number of carbonyl (C=O) groups is 7. The maximum atomic E-state index is 14.6. The van der Waals surface area contributed by atoms with E-state index in [4.69, 9.17) is 4.74 Å². The number of likely N-dealkylation sites (N-methyl/N-ethyl adjacent to an activating group) is 1. The van der Waals surface area contributed by atoms with Crippen molar-refractivity contribution >= 4 is 41.4 Å². The van der Waals surface area contributed by atoms with Crippen LogP contribution in [0, 0.1) is 23.2 Å². The Hall–Kier alpha value is -5.27. The van der Waals surface area contributed by atoms with Gasteiger partial charge in [-0.05, 0) is 79.9 Å². The number of piperidine rings is 1. The lowest BCUT2D eigenvalue weighted by molar-refractivity contribution is -0.145. The van der Waals surface area contributed by atoms with Crippen molar-refractivity contribution in [3.63, 3.8) is 0 Å². The maximum Gasteiger partial charge on any atom is 0.408 e. The molecule has 56 heavy (non-hydrogen) atoms. The predicted molar refractivity (Wildman–Crippen MR) is 208 cm³/mol. The van der Waals surface area contributed by atoms with Gasteiger partial charge in [0.2, 0.25) is 29.4 Å². The Balaban J connectivity index is 1.29. The highest BCUT2D eigenvalue weighted by molar-refractivity contribution is 6.38. The molecular weight excluding hydrogens is 716 g/mol. The van der Waals surface area contributed by atoms with Crippen molar-refractivity contribution in [2.75, 3.05) is 27.2 Å². The van der Waals surface area contributed by atoms with Gasteiger partial charge in [-0.15, -0.1) is 0 Å². The number of rotatable bonds is 14. The smallest absolute Gasteiger partial charge is 0.408 e. The minimum absolute atomic E-state index is 0.0198. The zero-order valence-electron chi connectivity index (χ0n) is 33.6. The molecule has 14 nitrogen and oxygen atoms in total. The number of ketones is 1. The molecule has 0 bridgehead atoms. The molecule has 1 aliphatic heterocycles. The first-order chi connectivity index (χ1) is 26.3. The third-order valence-electron chi connectivity index (χ3n) is 11.2. The second-order valence-corrected chi connectivity index (χ2v) is 17.0. The summed E-state index contributed by atoms with van der Waals surface area (Å²) >= 11 is 0. The van der Waals surface area contributed by atoms with Crippen LogP contribution >= 0.6 is 0 Å². The Bertz CT molecular complexity index is 1810. The Kier molecular flexibility index (Phi) is 12.6. The zero-order valence-corrected chi connectivity index (χ0v) is 33.6. The molecular formula is C42H56N6O8. The van der Waals surface area contributed by atoms with Crippen LogP contribution in [0.15, 0.2) is 54.6 Å². The topological polar surface area (TPSA) is 183 Å². The fraction of sp³-hybridized carbons (Fsp3) is 0.548. The van der Waals surface area contributed by atoms with E-state index in [1.54, 1.807) is 72.1 Å². The van der Waals surface area contributed by atoms with Gasteiger partial charge in [0.1, 0.15) is 23.7 Å². The van der Waals surface area contributed by atoms with E-state index in [1.807, 2.05) is 38.1 Å². The normalized spacial score (nSPS) is 21.0. The van der Waals surface area contributed by atoms with Crippen LogP contribution < -0.4 is 21.3 Å². The molecule has 1 saturated carbocycles. The van der Waals surface area contributed by atoms with E-state index in [-0.39, 0.29) is 35.5 Å². The molecule has 1 heterocycles. The number of carbonyl (C=O) groups excluding carboxylic acids is 7. The molecule has 6 amide bonds. The summed E-state index contributed by atoms with van der Waals surface area (Å²) < 4.78 is 5.56. The van der Waals surface area contributed by atoms with Crippen molar-refractivity contribution in [3.8, 4) is 0 Å². The summed E-state index contributed by atoms with van der Waals surface area (Å²) in [5, 5.41) is 10.6. The van der Waals surface area contributed by atoms with E-state index < -0.39 is 71.8 Å². The van der Waals surface area contributed by atoms with Gasteiger partial charge in [0, 0.05) is 20.6 Å². The number of nitrogens with zero attached hydrogens (tertiary/aromatic N) is 2. The molecule has 14 heteroatoms. The first kappa shape index (κ1) is 41.9. The highest BCUT2D eigenvalue weighted by atomic mass is 16.6. The summed E-state index contributed by atoms with van der Waals surface area (Å²) in [6.45, 7) is 10.8. The van der Waals surface area contributed by atoms with Gasteiger partial charge in [0.05, 0.1) is 12.6 Å². The maximum absolute atomic E-state index is 14.6. The highest BCUT2D eigenvalue weighted by Crippen LogP contribution is 2.65. The first-order valence-corrected chi connectivity index (χ1v) is 19.4. The number of nitrogens with one attached hydrogen (secondary N) is 4. The van der Waals surface area contributed by atoms with Crippen molar-refractivity contribution < 1.29 is 38.3 Å². The number of benzene rings is 2. The second-order valence-electron chi connectivity index (χ2n) is 17.0. The number of alkyl carbamates (subject to hydrolysis) is 1. The molecule has 6 atom stereocenters. The molecule has 0 radical (unpaired) electrons. The molecule has 2 aliphatic carbocycles. The Morgan fingerprint density at radius 1 is 0.893 bits per heavy atom. The fourth-order valence-electron chi connectivity index (χ4n) is 8.26. The lowest BCUT2D eigenvalue weighted by Crippen LogP contribution is -2.60. The van der Waals surface area contributed by atoms with Gasteiger partial charge >= 0.3 is 6.09 Å². The average molecular weight is 773 g/mol. The van der Waals surface area contributed by atoms with Gasteiger partial charge in [0.15, 0.2) is 0 Å². The fourth-order valence-corrected chi connectivity index (χ4v) is 8.26. The Morgan fingerprint density at radius 3 is 2.07 bits per heavy atom. The van der Waals surface area contributed by atoms with Crippen molar-refractivity contribution in [2.45, 2.75) is 97.0 Å². The van der Waals surface area contributed by atoms with Crippen molar-refractivity contribution in [1.82, 2.24) is 31.1 Å². The van der Waals surface area contributed by atoms with E-state index in [2.05, 4.69) is 21.3 Å².